The first kappa shape index (κ1) is 23.8. The van der Waals surface area contributed by atoms with Crippen molar-refractivity contribution in [2.75, 3.05) is 33.2 Å². The quantitative estimate of drug-likeness (QED) is 0.638. The zero-order chi connectivity index (χ0) is 20.8. The fourth-order valence-corrected chi connectivity index (χ4v) is 5.01. The van der Waals surface area contributed by atoms with E-state index in [1.807, 2.05) is 11.9 Å². The minimum Gasteiger partial charge on any atom is -0.336 e. The Morgan fingerprint density at radius 3 is 2.26 bits per heavy atom. The van der Waals surface area contributed by atoms with Gasteiger partial charge in [0.2, 0.25) is 5.91 Å². The fourth-order valence-electron chi connectivity index (χ4n) is 5.01. The Labute approximate surface area is 194 Å². The fraction of sp³-hybridized carbons (Fsp3) is 0.500. The van der Waals surface area contributed by atoms with Gasteiger partial charge < -0.3 is 9.80 Å². The molecule has 0 radical (unpaired) electrons. The zero-order valence-electron chi connectivity index (χ0n) is 18.7. The van der Waals surface area contributed by atoms with E-state index in [9.17, 15) is 4.79 Å². The van der Waals surface area contributed by atoms with Crippen LogP contribution in [0.15, 0.2) is 60.7 Å². The van der Waals surface area contributed by atoms with Crippen LogP contribution in [-0.4, -0.2) is 59.9 Å². The van der Waals surface area contributed by atoms with E-state index in [1.54, 1.807) is 0 Å². The van der Waals surface area contributed by atoms with Crippen LogP contribution in [0.2, 0.25) is 0 Å². The third-order valence-electron chi connectivity index (χ3n) is 6.76. The van der Waals surface area contributed by atoms with Gasteiger partial charge in [-0.05, 0) is 56.4 Å². The molecule has 0 saturated carbocycles. The molecule has 2 fully saturated rings. The highest BCUT2D eigenvalue weighted by Crippen LogP contribution is 2.27. The molecule has 0 aliphatic carbocycles. The van der Waals surface area contributed by atoms with Gasteiger partial charge in [0.25, 0.3) is 0 Å². The molecule has 0 aromatic heterocycles. The average Bonchev–Trinajstić information content (AvgIpc) is 3.26. The lowest BCUT2D eigenvalue weighted by Crippen LogP contribution is -2.48. The van der Waals surface area contributed by atoms with Gasteiger partial charge in [-0.1, -0.05) is 67.1 Å². The van der Waals surface area contributed by atoms with E-state index in [1.165, 1.54) is 30.4 Å². The van der Waals surface area contributed by atoms with Gasteiger partial charge >= 0.3 is 0 Å². The number of rotatable bonds is 7. The van der Waals surface area contributed by atoms with Crippen LogP contribution in [0.3, 0.4) is 0 Å². The lowest BCUT2D eigenvalue weighted by atomic mass is 10.0. The topological polar surface area (TPSA) is 26.8 Å². The number of benzene rings is 2. The molecule has 2 aliphatic rings. The first-order valence-electron chi connectivity index (χ1n) is 11.5. The highest BCUT2D eigenvalue weighted by atomic mass is 32.1. The number of hydrogen-bond donors (Lipinski definition) is 0. The van der Waals surface area contributed by atoms with Crippen molar-refractivity contribution >= 4 is 19.4 Å². The third kappa shape index (κ3) is 6.12. The molecule has 5 heteroatoms. The van der Waals surface area contributed by atoms with Crippen LogP contribution in [0, 0.1) is 0 Å². The second-order valence-corrected chi connectivity index (χ2v) is 8.85. The van der Waals surface area contributed by atoms with E-state index in [2.05, 4.69) is 70.5 Å². The lowest BCUT2D eigenvalue weighted by molar-refractivity contribution is -0.137. The summed E-state index contributed by atoms with van der Waals surface area (Å²) in [6.07, 6.45) is 5.93. The molecule has 2 aromatic carbocycles. The van der Waals surface area contributed by atoms with Gasteiger partial charge in [-0.2, -0.15) is 13.5 Å². The van der Waals surface area contributed by atoms with Gasteiger partial charge in [0.1, 0.15) is 0 Å². The Kier molecular flexibility index (Phi) is 9.00. The Balaban J connectivity index is 0.00000272. The predicted molar refractivity (Wildman–Crippen MR) is 132 cm³/mol. The van der Waals surface area contributed by atoms with Crippen LogP contribution in [0.25, 0.3) is 0 Å². The number of carbonyl (C=O) groups excluding carboxylic acids is 1. The normalized spacial score (nSPS) is 20.7. The minimum absolute atomic E-state index is 0. The van der Waals surface area contributed by atoms with Crippen molar-refractivity contribution in [3.63, 3.8) is 0 Å². The molecule has 2 atom stereocenters. The molecule has 0 N–H and O–H groups in total. The Hall–Kier alpha value is -1.82. The maximum absolute atomic E-state index is 13.7. The van der Waals surface area contributed by atoms with Crippen molar-refractivity contribution in [1.82, 2.24) is 14.7 Å². The summed E-state index contributed by atoms with van der Waals surface area (Å²) < 4.78 is 0. The van der Waals surface area contributed by atoms with E-state index in [0.29, 0.717) is 0 Å². The smallest absolute Gasteiger partial charge is 0.240 e. The van der Waals surface area contributed by atoms with Crippen molar-refractivity contribution in [3.05, 3.63) is 71.8 Å². The molecule has 2 aliphatic heterocycles. The summed E-state index contributed by atoms with van der Waals surface area (Å²) in [6.45, 7) is 5.08. The molecular formula is C26H37N3OS. The van der Waals surface area contributed by atoms with Crippen LogP contribution >= 0.6 is 13.5 Å². The van der Waals surface area contributed by atoms with Crippen molar-refractivity contribution in [3.8, 4) is 0 Å². The summed E-state index contributed by atoms with van der Waals surface area (Å²) in [6, 6.07) is 21.2. The van der Waals surface area contributed by atoms with Gasteiger partial charge in [-0.15, -0.1) is 0 Å². The van der Waals surface area contributed by atoms with Crippen LogP contribution < -0.4 is 0 Å². The van der Waals surface area contributed by atoms with E-state index >= 15 is 0 Å². The standard InChI is InChI=1S/C26H35N3O.H2S/c1-27(25(23-14-7-3-8-15-23)21-28-17-9-4-10-18-28)26(30)24-16-11-19-29(24)20-22-12-5-2-6-13-22;/h2-3,5-8,12-15,24-25H,4,9-11,16-21H2,1H3;1H2/t24?,25-;/m1./s1. The molecule has 31 heavy (non-hydrogen) atoms. The molecule has 0 bridgehead atoms. The second-order valence-electron chi connectivity index (χ2n) is 8.85. The summed E-state index contributed by atoms with van der Waals surface area (Å²) in [7, 11) is 2.02. The summed E-state index contributed by atoms with van der Waals surface area (Å²) in [5.41, 5.74) is 2.53. The summed E-state index contributed by atoms with van der Waals surface area (Å²) in [4.78, 5) is 20.6. The Morgan fingerprint density at radius 1 is 0.935 bits per heavy atom. The molecule has 2 heterocycles. The molecule has 2 saturated heterocycles. The number of likely N-dealkylation sites (tertiary alicyclic amines) is 2. The van der Waals surface area contributed by atoms with Crippen LogP contribution in [0.1, 0.15) is 49.3 Å². The summed E-state index contributed by atoms with van der Waals surface area (Å²) in [5, 5.41) is 0. The molecule has 1 unspecified atom stereocenters. The average molecular weight is 440 g/mol. The molecule has 4 rings (SSSR count). The number of likely N-dealkylation sites (N-methyl/N-ethyl adjacent to an activating group) is 1. The van der Waals surface area contributed by atoms with Gasteiger partial charge in [0, 0.05) is 20.1 Å². The van der Waals surface area contributed by atoms with Crippen molar-refractivity contribution in [2.45, 2.75) is 50.7 Å². The maximum atomic E-state index is 13.7. The molecule has 4 nitrogen and oxygen atoms in total. The second kappa shape index (κ2) is 11.7. The highest BCUT2D eigenvalue weighted by molar-refractivity contribution is 7.59. The van der Waals surface area contributed by atoms with Gasteiger partial charge in [-0.3, -0.25) is 9.69 Å². The number of carbonyl (C=O) groups is 1. The van der Waals surface area contributed by atoms with Crippen LogP contribution in [0.4, 0.5) is 0 Å². The number of hydrogen-bond acceptors (Lipinski definition) is 3. The predicted octanol–water partition coefficient (Wildman–Crippen LogP) is 4.45. The SMILES string of the molecule is CN(C(=O)C1CCCN1Cc1ccccc1)[C@H](CN1CCCCC1)c1ccccc1.S. The number of piperidine rings is 1. The molecule has 2 aromatic rings. The maximum Gasteiger partial charge on any atom is 0.240 e. The first-order valence-corrected chi connectivity index (χ1v) is 11.5. The highest BCUT2D eigenvalue weighted by Gasteiger charge is 2.35. The minimum atomic E-state index is -0.0113. The summed E-state index contributed by atoms with van der Waals surface area (Å²) >= 11 is 0. The molecule has 1 amide bonds. The van der Waals surface area contributed by atoms with Gasteiger partial charge in [0.15, 0.2) is 0 Å². The van der Waals surface area contributed by atoms with E-state index < -0.39 is 0 Å². The molecule has 168 valence electrons. The Bertz CT molecular complexity index is 795. The summed E-state index contributed by atoms with van der Waals surface area (Å²) in [5.74, 6) is 0.272. The first-order chi connectivity index (χ1) is 14.7. The van der Waals surface area contributed by atoms with Crippen molar-refractivity contribution in [1.29, 1.82) is 0 Å². The number of nitrogens with zero attached hydrogens (tertiary/aromatic N) is 3. The van der Waals surface area contributed by atoms with Crippen LogP contribution in [-0.2, 0) is 11.3 Å². The van der Waals surface area contributed by atoms with E-state index in [4.69, 9.17) is 0 Å². The largest absolute Gasteiger partial charge is 0.336 e. The zero-order valence-corrected chi connectivity index (χ0v) is 19.7. The van der Waals surface area contributed by atoms with Crippen molar-refractivity contribution < 1.29 is 4.79 Å². The molecule has 0 spiro atoms. The van der Waals surface area contributed by atoms with Gasteiger partial charge in [-0.25, -0.2) is 0 Å². The number of amides is 1. The van der Waals surface area contributed by atoms with E-state index in [0.717, 1.165) is 45.6 Å². The van der Waals surface area contributed by atoms with Gasteiger partial charge in [0.05, 0.1) is 12.1 Å². The van der Waals surface area contributed by atoms with E-state index in [-0.39, 0.29) is 31.5 Å². The monoisotopic (exact) mass is 439 g/mol. The molecular weight excluding hydrogens is 402 g/mol. The third-order valence-corrected chi connectivity index (χ3v) is 6.76. The van der Waals surface area contributed by atoms with Crippen LogP contribution in [0.5, 0.6) is 0 Å². The lowest BCUT2D eigenvalue weighted by Gasteiger charge is -2.37. The Morgan fingerprint density at radius 2 is 1.58 bits per heavy atom. The van der Waals surface area contributed by atoms with Crippen molar-refractivity contribution in [2.24, 2.45) is 0 Å².